The summed E-state index contributed by atoms with van der Waals surface area (Å²) in [6, 6.07) is 3.86. The van der Waals surface area contributed by atoms with Gasteiger partial charge in [-0.25, -0.2) is 4.98 Å². The van der Waals surface area contributed by atoms with Crippen LogP contribution in [-0.4, -0.2) is 14.6 Å². The van der Waals surface area contributed by atoms with E-state index < -0.39 is 0 Å². The van der Waals surface area contributed by atoms with Crippen LogP contribution < -0.4 is 11.0 Å². The first-order valence-electron chi connectivity index (χ1n) is 6.01. The fraction of sp³-hybridized carbons (Fsp3) is 0.231. The lowest BCUT2D eigenvalue weighted by atomic mass is 10.2. The van der Waals surface area contributed by atoms with Gasteiger partial charge < -0.3 is 10.4 Å². The van der Waals surface area contributed by atoms with E-state index in [-0.39, 0.29) is 5.56 Å². The Kier molecular flexibility index (Phi) is 2.87. The fourth-order valence-corrected chi connectivity index (χ4v) is 3.04. The number of nitrogens with one attached hydrogen (secondary N) is 2. The van der Waals surface area contributed by atoms with Gasteiger partial charge in [0, 0.05) is 17.3 Å². The third-order valence-corrected chi connectivity index (χ3v) is 4.22. The Bertz CT molecular complexity index is 770. The van der Waals surface area contributed by atoms with Gasteiger partial charge in [0.15, 0.2) is 0 Å². The number of aromatic amines is 1. The molecule has 0 aliphatic carbocycles. The molecule has 0 spiro atoms. The molecular weight excluding hydrogens is 260 g/mol. The monoisotopic (exact) mass is 274 g/mol. The Labute approximate surface area is 113 Å². The van der Waals surface area contributed by atoms with Crippen molar-refractivity contribution in [2.75, 3.05) is 5.43 Å². The van der Waals surface area contributed by atoms with Crippen LogP contribution in [-0.2, 0) is 6.54 Å². The summed E-state index contributed by atoms with van der Waals surface area (Å²) >= 11 is 1.56. The molecule has 0 amide bonds. The number of fused-ring (bicyclic) bond motifs is 1. The minimum atomic E-state index is -0.0591. The molecule has 0 aliphatic rings. The molecule has 3 aromatic heterocycles. The van der Waals surface area contributed by atoms with Crippen LogP contribution in [0.3, 0.4) is 0 Å². The molecule has 0 fully saturated rings. The Morgan fingerprint density at radius 1 is 1.37 bits per heavy atom. The SMILES string of the molecule is Cc1sc2nc(CNn3cccc3)[nH]c(=O)c2c1C. The number of rotatable bonds is 3. The summed E-state index contributed by atoms with van der Waals surface area (Å²) in [7, 11) is 0. The second-order valence-corrected chi connectivity index (χ2v) is 5.60. The lowest BCUT2D eigenvalue weighted by Crippen LogP contribution is -2.18. The molecule has 6 heteroatoms. The van der Waals surface area contributed by atoms with Crippen molar-refractivity contribution < 1.29 is 0 Å². The van der Waals surface area contributed by atoms with E-state index in [0.29, 0.717) is 17.8 Å². The maximum atomic E-state index is 12.1. The highest BCUT2D eigenvalue weighted by Gasteiger charge is 2.11. The third-order valence-electron chi connectivity index (χ3n) is 3.12. The molecule has 0 unspecified atom stereocenters. The molecule has 5 nitrogen and oxygen atoms in total. The topological polar surface area (TPSA) is 62.7 Å². The van der Waals surface area contributed by atoms with Gasteiger partial charge >= 0.3 is 0 Å². The first-order valence-corrected chi connectivity index (χ1v) is 6.82. The fourth-order valence-electron chi connectivity index (χ4n) is 1.99. The summed E-state index contributed by atoms with van der Waals surface area (Å²) in [6.07, 6.45) is 3.80. The van der Waals surface area contributed by atoms with Crippen molar-refractivity contribution in [3.8, 4) is 0 Å². The van der Waals surface area contributed by atoms with Crippen molar-refractivity contribution in [2.45, 2.75) is 20.4 Å². The molecule has 98 valence electrons. The predicted octanol–water partition coefficient (Wildman–Crippen LogP) is 2.15. The number of nitrogens with zero attached hydrogens (tertiary/aromatic N) is 2. The zero-order valence-corrected chi connectivity index (χ0v) is 11.5. The van der Waals surface area contributed by atoms with E-state index in [4.69, 9.17) is 0 Å². The average molecular weight is 274 g/mol. The Morgan fingerprint density at radius 2 is 2.11 bits per heavy atom. The van der Waals surface area contributed by atoms with Gasteiger partial charge in [0.1, 0.15) is 10.7 Å². The first-order chi connectivity index (χ1) is 9.15. The minimum absolute atomic E-state index is 0.0591. The zero-order valence-electron chi connectivity index (χ0n) is 10.7. The lowest BCUT2D eigenvalue weighted by Gasteiger charge is -2.06. The molecule has 0 saturated heterocycles. The maximum absolute atomic E-state index is 12.1. The van der Waals surface area contributed by atoms with E-state index >= 15 is 0 Å². The van der Waals surface area contributed by atoms with Gasteiger partial charge in [-0.15, -0.1) is 11.3 Å². The van der Waals surface area contributed by atoms with Crippen molar-refractivity contribution in [2.24, 2.45) is 0 Å². The largest absolute Gasteiger partial charge is 0.319 e. The van der Waals surface area contributed by atoms with Gasteiger partial charge in [0.2, 0.25) is 0 Å². The molecule has 3 aromatic rings. The summed E-state index contributed by atoms with van der Waals surface area (Å²) in [4.78, 5) is 21.4. The van der Waals surface area contributed by atoms with Crippen LogP contribution in [0.4, 0.5) is 0 Å². The van der Waals surface area contributed by atoms with Crippen molar-refractivity contribution in [1.29, 1.82) is 0 Å². The standard InChI is InChI=1S/C13H14N4OS/c1-8-9(2)19-13-11(8)12(18)15-10(16-13)7-14-17-5-3-4-6-17/h3-6,14H,7H2,1-2H3,(H,15,16,18). The van der Waals surface area contributed by atoms with Crippen LogP contribution in [0, 0.1) is 13.8 Å². The summed E-state index contributed by atoms with van der Waals surface area (Å²) in [6.45, 7) is 4.46. The molecular formula is C13H14N4OS. The summed E-state index contributed by atoms with van der Waals surface area (Å²) in [5, 5.41) is 0.715. The van der Waals surface area contributed by atoms with E-state index in [1.165, 1.54) is 0 Å². The second kappa shape index (κ2) is 4.55. The van der Waals surface area contributed by atoms with Crippen molar-refractivity contribution in [3.05, 3.63) is 51.1 Å². The van der Waals surface area contributed by atoms with Crippen LogP contribution in [0.1, 0.15) is 16.3 Å². The van der Waals surface area contributed by atoms with Crippen LogP contribution in [0.25, 0.3) is 10.2 Å². The predicted molar refractivity (Wildman–Crippen MR) is 77.2 cm³/mol. The van der Waals surface area contributed by atoms with Crippen LogP contribution in [0.15, 0.2) is 29.3 Å². The van der Waals surface area contributed by atoms with Crippen LogP contribution in [0.2, 0.25) is 0 Å². The normalized spacial score (nSPS) is 11.1. The molecule has 0 aromatic carbocycles. The van der Waals surface area contributed by atoms with Gasteiger partial charge in [-0.1, -0.05) is 0 Å². The summed E-state index contributed by atoms with van der Waals surface area (Å²) in [5.41, 5.74) is 4.11. The van der Waals surface area contributed by atoms with Gasteiger partial charge in [0.05, 0.1) is 11.9 Å². The van der Waals surface area contributed by atoms with E-state index in [1.54, 1.807) is 11.3 Å². The number of thiophene rings is 1. The van der Waals surface area contributed by atoms with Crippen LogP contribution in [0.5, 0.6) is 0 Å². The van der Waals surface area contributed by atoms with Crippen LogP contribution >= 0.6 is 11.3 Å². The molecule has 3 rings (SSSR count). The lowest BCUT2D eigenvalue weighted by molar-refractivity contribution is 0.805. The molecule has 2 N–H and O–H groups in total. The molecule has 0 atom stereocenters. The number of aryl methyl sites for hydroxylation is 2. The first kappa shape index (κ1) is 12.0. The molecule has 0 aliphatic heterocycles. The molecule has 0 radical (unpaired) electrons. The highest BCUT2D eigenvalue weighted by Crippen LogP contribution is 2.25. The maximum Gasteiger partial charge on any atom is 0.259 e. The number of aromatic nitrogens is 3. The second-order valence-electron chi connectivity index (χ2n) is 4.40. The molecule has 3 heterocycles. The summed E-state index contributed by atoms with van der Waals surface area (Å²) in [5.74, 6) is 0.646. The minimum Gasteiger partial charge on any atom is -0.319 e. The quantitative estimate of drug-likeness (QED) is 0.769. The molecule has 0 saturated carbocycles. The van der Waals surface area contributed by atoms with E-state index in [9.17, 15) is 4.79 Å². The Hall–Kier alpha value is -2.08. The smallest absolute Gasteiger partial charge is 0.259 e. The number of hydrogen-bond donors (Lipinski definition) is 2. The van der Waals surface area contributed by atoms with Crippen molar-refractivity contribution in [1.82, 2.24) is 14.6 Å². The third kappa shape index (κ3) is 2.15. The van der Waals surface area contributed by atoms with Gasteiger partial charge in [-0.3, -0.25) is 9.47 Å². The highest BCUT2D eigenvalue weighted by molar-refractivity contribution is 7.18. The van der Waals surface area contributed by atoms with E-state index in [1.807, 2.05) is 43.0 Å². The van der Waals surface area contributed by atoms with Gasteiger partial charge in [0.25, 0.3) is 5.56 Å². The summed E-state index contributed by atoms with van der Waals surface area (Å²) < 4.78 is 1.83. The Balaban J connectivity index is 1.95. The number of hydrogen-bond acceptors (Lipinski definition) is 4. The zero-order chi connectivity index (χ0) is 13.4. The van der Waals surface area contributed by atoms with Crippen molar-refractivity contribution >= 4 is 21.6 Å². The molecule has 19 heavy (non-hydrogen) atoms. The Morgan fingerprint density at radius 3 is 2.84 bits per heavy atom. The van der Waals surface area contributed by atoms with Crippen molar-refractivity contribution in [3.63, 3.8) is 0 Å². The van der Waals surface area contributed by atoms with E-state index in [2.05, 4.69) is 15.4 Å². The van der Waals surface area contributed by atoms with Gasteiger partial charge in [-0.2, -0.15) is 0 Å². The van der Waals surface area contributed by atoms with Gasteiger partial charge in [-0.05, 0) is 31.5 Å². The molecule has 0 bridgehead atoms. The number of H-pyrrole nitrogens is 1. The average Bonchev–Trinajstić information content (AvgIpc) is 2.96. The van der Waals surface area contributed by atoms with E-state index in [0.717, 1.165) is 15.3 Å². The highest BCUT2D eigenvalue weighted by atomic mass is 32.1.